The first-order valence-electron chi connectivity index (χ1n) is 10.5. The van der Waals surface area contributed by atoms with Crippen molar-refractivity contribution in [3.05, 3.63) is 91.5 Å². The number of aryl methyl sites for hydroxylation is 1. The molecule has 0 bridgehead atoms. The predicted octanol–water partition coefficient (Wildman–Crippen LogP) is 4.44. The highest BCUT2D eigenvalue weighted by atomic mass is 32.1. The largest absolute Gasteiger partial charge is 0.465 e. The van der Waals surface area contributed by atoms with E-state index < -0.39 is 29.2 Å². The van der Waals surface area contributed by atoms with E-state index in [9.17, 15) is 23.6 Å². The highest BCUT2D eigenvalue weighted by molar-refractivity contribution is 7.17. The van der Waals surface area contributed by atoms with E-state index in [1.807, 2.05) is 0 Å². The maximum Gasteiger partial charge on any atom is 0.337 e. The molecule has 0 N–H and O–H groups in total. The van der Waals surface area contributed by atoms with E-state index in [0.29, 0.717) is 16.1 Å². The third kappa shape index (κ3) is 3.53. The number of fused-ring (bicyclic) bond motifs is 2. The van der Waals surface area contributed by atoms with Crippen LogP contribution >= 0.6 is 11.3 Å². The number of carbonyl (C=O) groups is 3. The lowest BCUT2D eigenvalue weighted by molar-refractivity contribution is 0.0600. The monoisotopic (exact) mass is 492 g/mol. The van der Waals surface area contributed by atoms with Crippen molar-refractivity contribution < 1.29 is 27.9 Å². The summed E-state index contributed by atoms with van der Waals surface area (Å²) < 4.78 is 24.5. The molecule has 8 nitrogen and oxygen atoms in total. The molecule has 0 saturated heterocycles. The maximum atomic E-state index is 13.9. The fourth-order valence-electron chi connectivity index (χ4n) is 4.19. The van der Waals surface area contributed by atoms with Crippen LogP contribution in [0.4, 0.5) is 9.52 Å². The summed E-state index contributed by atoms with van der Waals surface area (Å²) in [5.41, 5.74) is 0.765. The molecule has 2 aromatic carbocycles. The summed E-state index contributed by atoms with van der Waals surface area (Å²) in [6.07, 6.45) is 0. The summed E-state index contributed by atoms with van der Waals surface area (Å²) in [6, 6.07) is 8.73. The zero-order chi connectivity index (χ0) is 25.0. The molecule has 35 heavy (non-hydrogen) atoms. The predicted molar refractivity (Wildman–Crippen MR) is 126 cm³/mol. The van der Waals surface area contributed by atoms with Crippen molar-refractivity contribution in [1.29, 1.82) is 0 Å². The zero-order valence-corrected chi connectivity index (χ0v) is 19.6. The molecule has 0 unspecified atom stereocenters. The number of nitrogens with zero attached hydrogens (tertiary/aromatic N) is 2. The van der Waals surface area contributed by atoms with Gasteiger partial charge in [-0.2, -0.15) is 0 Å². The van der Waals surface area contributed by atoms with Crippen LogP contribution in [0.3, 0.4) is 0 Å². The minimum atomic E-state index is -0.974. The maximum absolute atomic E-state index is 13.9. The summed E-state index contributed by atoms with van der Waals surface area (Å²) in [4.78, 5) is 57.1. The van der Waals surface area contributed by atoms with Crippen LogP contribution in [0, 0.1) is 12.7 Å². The van der Waals surface area contributed by atoms with Crippen molar-refractivity contribution >= 4 is 45.1 Å². The number of ether oxygens (including phenoxy) is 1. The number of thiazole rings is 1. The van der Waals surface area contributed by atoms with Gasteiger partial charge in [-0.25, -0.2) is 14.2 Å². The Kier molecular flexibility index (Phi) is 5.32. The second kappa shape index (κ2) is 8.24. The molecule has 0 aliphatic carbocycles. The van der Waals surface area contributed by atoms with Gasteiger partial charge in [0, 0.05) is 6.92 Å². The van der Waals surface area contributed by atoms with Crippen molar-refractivity contribution in [2.75, 3.05) is 12.0 Å². The highest BCUT2D eigenvalue weighted by Gasteiger charge is 2.45. The summed E-state index contributed by atoms with van der Waals surface area (Å²) in [6.45, 7) is 3.06. The smallest absolute Gasteiger partial charge is 0.337 e. The topological polar surface area (TPSA) is 107 Å². The average Bonchev–Trinajstić information content (AvgIpc) is 3.37. The Hall–Kier alpha value is -4.18. The van der Waals surface area contributed by atoms with Crippen molar-refractivity contribution in [2.24, 2.45) is 0 Å². The molecule has 0 spiro atoms. The third-order valence-electron chi connectivity index (χ3n) is 5.79. The van der Waals surface area contributed by atoms with Gasteiger partial charge in [0.05, 0.1) is 40.2 Å². The lowest BCUT2D eigenvalue weighted by atomic mass is 9.97. The van der Waals surface area contributed by atoms with E-state index in [4.69, 9.17) is 9.15 Å². The Morgan fingerprint density at radius 3 is 2.49 bits per heavy atom. The Labute approximate surface area is 201 Å². The number of anilines is 1. The van der Waals surface area contributed by atoms with E-state index in [1.165, 1.54) is 37.1 Å². The van der Waals surface area contributed by atoms with Gasteiger partial charge in [-0.1, -0.05) is 23.5 Å². The number of hydrogen-bond donors (Lipinski definition) is 0. The van der Waals surface area contributed by atoms with Crippen LogP contribution < -0.4 is 10.3 Å². The normalized spacial score (nSPS) is 14.9. The van der Waals surface area contributed by atoms with Gasteiger partial charge in [0.15, 0.2) is 16.3 Å². The fourth-order valence-corrected chi connectivity index (χ4v) is 5.18. The van der Waals surface area contributed by atoms with Crippen LogP contribution in [0.25, 0.3) is 11.0 Å². The molecule has 5 rings (SSSR count). The number of methoxy groups -OCH3 is 1. The summed E-state index contributed by atoms with van der Waals surface area (Å²) in [7, 11) is 1.26. The van der Waals surface area contributed by atoms with Crippen LogP contribution in [-0.2, 0) is 4.74 Å². The van der Waals surface area contributed by atoms with Gasteiger partial charge in [-0.05, 0) is 42.8 Å². The van der Waals surface area contributed by atoms with Crippen molar-refractivity contribution in [3.8, 4) is 0 Å². The van der Waals surface area contributed by atoms with Crippen molar-refractivity contribution in [2.45, 2.75) is 19.9 Å². The minimum absolute atomic E-state index is 0.00525. The van der Waals surface area contributed by atoms with E-state index in [1.54, 1.807) is 19.1 Å². The van der Waals surface area contributed by atoms with Crippen LogP contribution in [0.5, 0.6) is 0 Å². The molecule has 2 aromatic heterocycles. The number of hydrogen-bond acceptors (Lipinski definition) is 8. The van der Waals surface area contributed by atoms with Crippen LogP contribution in [0.2, 0.25) is 0 Å². The zero-order valence-electron chi connectivity index (χ0n) is 18.7. The molecule has 176 valence electrons. The van der Waals surface area contributed by atoms with E-state index in [0.717, 1.165) is 23.5 Å². The summed E-state index contributed by atoms with van der Waals surface area (Å²) >= 11 is 1.03. The molecule has 1 amide bonds. The molecular weight excluding hydrogens is 475 g/mol. The SMILES string of the molecule is COC(=O)c1ccc([C@@H]2c3c(oc4ccc(F)cc4c3=O)C(=O)N2c2nc(C)c(C(C)=O)s2)cc1. The first kappa shape index (κ1) is 22.6. The number of benzene rings is 2. The number of amides is 1. The summed E-state index contributed by atoms with van der Waals surface area (Å²) in [5.74, 6) is -2.17. The van der Waals surface area contributed by atoms with Crippen LogP contribution in [-0.4, -0.2) is 29.8 Å². The van der Waals surface area contributed by atoms with Gasteiger partial charge in [0.25, 0.3) is 5.91 Å². The molecule has 1 aliphatic heterocycles. The second-order valence-electron chi connectivity index (χ2n) is 7.97. The van der Waals surface area contributed by atoms with Crippen LogP contribution in [0.1, 0.15) is 60.4 Å². The quantitative estimate of drug-likeness (QED) is 0.306. The number of aromatic nitrogens is 1. The number of rotatable bonds is 4. The van der Waals surface area contributed by atoms with Crippen molar-refractivity contribution in [1.82, 2.24) is 4.98 Å². The van der Waals surface area contributed by atoms with E-state index >= 15 is 0 Å². The third-order valence-corrected chi connectivity index (χ3v) is 7.05. The van der Waals surface area contributed by atoms with Gasteiger partial charge in [0.1, 0.15) is 11.4 Å². The molecule has 4 aromatic rings. The van der Waals surface area contributed by atoms with Crippen LogP contribution in [0.15, 0.2) is 51.7 Å². The summed E-state index contributed by atoms with van der Waals surface area (Å²) in [5, 5.41) is 0.204. The Morgan fingerprint density at radius 1 is 1.14 bits per heavy atom. The van der Waals surface area contributed by atoms with Crippen molar-refractivity contribution in [3.63, 3.8) is 0 Å². The molecule has 1 atom stereocenters. The number of ketones is 1. The first-order valence-corrected chi connectivity index (χ1v) is 11.3. The highest BCUT2D eigenvalue weighted by Crippen LogP contribution is 2.43. The van der Waals surface area contributed by atoms with E-state index in [-0.39, 0.29) is 38.8 Å². The minimum Gasteiger partial charge on any atom is -0.465 e. The molecule has 10 heteroatoms. The number of Topliss-reactive ketones (excluding diaryl/α,β-unsaturated/α-hetero) is 1. The van der Waals surface area contributed by atoms with Gasteiger partial charge in [-0.3, -0.25) is 19.3 Å². The first-order chi connectivity index (χ1) is 16.7. The molecular formula is C25H17FN2O6S. The number of esters is 1. The Morgan fingerprint density at radius 2 is 1.86 bits per heavy atom. The average molecular weight is 492 g/mol. The number of halogens is 1. The van der Waals surface area contributed by atoms with Gasteiger partial charge < -0.3 is 9.15 Å². The standard InChI is InChI=1S/C25H17FN2O6S/c1-11-22(12(2)29)35-25(27-11)28-19(13-4-6-14(7-5-13)24(32)33-3)18-20(30)16-10-15(26)8-9-17(16)34-21(18)23(28)31/h4-10,19H,1-3H3/t19-/m1/s1. The lowest BCUT2D eigenvalue weighted by Crippen LogP contribution is -2.29. The Bertz CT molecular complexity index is 1600. The molecule has 3 heterocycles. The Balaban J connectivity index is 1.77. The fraction of sp³-hybridized carbons (Fsp3) is 0.160. The molecule has 0 radical (unpaired) electrons. The molecule has 0 saturated carbocycles. The molecule has 0 fully saturated rings. The van der Waals surface area contributed by atoms with E-state index in [2.05, 4.69) is 4.98 Å². The molecule has 1 aliphatic rings. The van der Waals surface area contributed by atoms with Gasteiger partial charge in [0.2, 0.25) is 5.76 Å². The second-order valence-corrected chi connectivity index (χ2v) is 8.95. The lowest BCUT2D eigenvalue weighted by Gasteiger charge is -2.22. The van der Waals surface area contributed by atoms with Gasteiger partial charge >= 0.3 is 5.97 Å². The number of carbonyl (C=O) groups excluding carboxylic acids is 3. The van der Waals surface area contributed by atoms with Gasteiger partial charge in [-0.15, -0.1) is 0 Å².